The Morgan fingerprint density at radius 2 is 2.11 bits per heavy atom. The molecule has 19 heavy (non-hydrogen) atoms. The van der Waals surface area contributed by atoms with Gasteiger partial charge in [-0.15, -0.1) is 0 Å². The summed E-state index contributed by atoms with van der Waals surface area (Å²) in [6, 6.07) is 3.87. The van der Waals surface area contributed by atoms with Gasteiger partial charge in [0.15, 0.2) is 0 Å². The molecule has 1 fully saturated rings. The van der Waals surface area contributed by atoms with E-state index in [1.807, 2.05) is 0 Å². The van der Waals surface area contributed by atoms with Crippen LogP contribution in [0.5, 0.6) is 0 Å². The molecule has 4 nitrogen and oxygen atoms in total. The van der Waals surface area contributed by atoms with E-state index in [1.165, 1.54) is 32.1 Å². The predicted octanol–water partition coefficient (Wildman–Crippen LogP) is 3.47. The van der Waals surface area contributed by atoms with E-state index >= 15 is 0 Å². The van der Waals surface area contributed by atoms with Gasteiger partial charge in [0.2, 0.25) is 0 Å². The minimum absolute atomic E-state index is 0.278. The van der Waals surface area contributed by atoms with Crippen LogP contribution in [0.15, 0.2) is 12.1 Å². The van der Waals surface area contributed by atoms with Crippen molar-refractivity contribution < 1.29 is 9.90 Å². The summed E-state index contributed by atoms with van der Waals surface area (Å²) in [4.78, 5) is 15.3. The largest absolute Gasteiger partial charge is 0.478 e. The number of hydrogen-bond donors (Lipinski definition) is 2. The van der Waals surface area contributed by atoms with Crippen LogP contribution in [0.25, 0.3) is 0 Å². The Bertz CT molecular complexity index is 459. The Morgan fingerprint density at radius 1 is 1.32 bits per heavy atom. The fourth-order valence-electron chi connectivity index (χ4n) is 2.71. The number of hydrogen-bond acceptors (Lipinski definition) is 3. The normalized spacial score (nSPS) is 23.7. The first kappa shape index (κ1) is 13.8. The Morgan fingerprint density at radius 3 is 2.79 bits per heavy atom. The summed E-state index contributed by atoms with van der Waals surface area (Å²) < 4.78 is 0. The second-order valence-corrected chi connectivity index (χ2v) is 5.59. The van der Waals surface area contributed by atoms with E-state index in [-0.39, 0.29) is 5.56 Å². The van der Waals surface area contributed by atoms with Crippen molar-refractivity contribution in [1.82, 2.24) is 4.98 Å². The van der Waals surface area contributed by atoms with Gasteiger partial charge in [-0.3, -0.25) is 0 Å². The first-order chi connectivity index (χ1) is 9.06. The third kappa shape index (κ3) is 3.69. The highest BCUT2D eigenvalue weighted by Gasteiger charge is 2.17. The number of carboxylic acids is 1. The monoisotopic (exact) mass is 262 g/mol. The van der Waals surface area contributed by atoms with Crippen molar-refractivity contribution in [2.45, 2.75) is 52.0 Å². The summed E-state index contributed by atoms with van der Waals surface area (Å²) in [5, 5.41) is 12.4. The molecule has 1 aliphatic carbocycles. The van der Waals surface area contributed by atoms with E-state index in [0.717, 1.165) is 11.7 Å². The van der Waals surface area contributed by atoms with Gasteiger partial charge in [0.25, 0.3) is 0 Å². The SMILES string of the molecule is Cc1nc(NC2CCCC(C)CC2)ccc1C(=O)O. The first-order valence-corrected chi connectivity index (χ1v) is 7.03. The molecule has 104 valence electrons. The molecule has 1 aromatic heterocycles. The average molecular weight is 262 g/mol. The fraction of sp³-hybridized carbons (Fsp3) is 0.600. The highest BCUT2D eigenvalue weighted by molar-refractivity contribution is 5.89. The summed E-state index contributed by atoms with van der Waals surface area (Å²) in [5.74, 6) is 0.692. The number of aryl methyl sites for hydroxylation is 1. The van der Waals surface area contributed by atoms with Crippen molar-refractivity contribution >= 4 is 11.8 Å². The van der Waals surface area contributed by atoms with Crippen molar-refractivity contribution in [2.24, 2.45) is 5.92 Å². The second kappa shape index (κ2) is 6.04. The number of nitrogens with zero attached hydrogens (tertiary/aromatic N) is 1. The third-order valence-electron chi connectivity index (χ3n) is 3.93. The van der Waals surface area contributed by atoms with Crippen LogP contribution in [0.4, 0.5) is 5.82 Å². The summed E-state index contributed by atoms with van der Waals surface area (Å²) >= 11 is 0. The van der Waals surface area contributed by atoms with Crippen molar-refractivity contribution in [3.05, 3.63) is 23.4 Å². The van der Waals surface area contributed by atoms with E-state index < -0.39 is 5.97 Å². The number of anilines is 1. The standard InChI is InChI=1S/C15H22N2O2/c1-10-4-3-5-12(7-6-10)17-14-9-8-13(15(18)19)11(2)16-14/h8-10,12H,3-7H2,1-2H3,(H,16,17)(H,18,19). The Kier molecular flexibility index (Phi) is 4.40. The second-order valence-electron chi connectivity index (χ2n) is 5.59. The number of carbonyl (C=O) groups is 1. The van der Waals surface area contributed by atoms with Crippen molar-refractivity contribution in [1.29, 1.82) is 0 Å². The van der Waals surface area contributed by atoms with Crippen LogP contribution in [-0.2, 0) is 0 Å². The molecule has 1 saturated carbocycles. The molecule has 0 saturated heterocycles. The van der Waals surface area contributed by atoms with Crippen LogP contribution in [0.1, 0.15) is 55.1 Å². The zero-order valence-corrected chi connectivity index (χ0v) is 11.6. The number of pyridine rings is 1. The average Bonchev–Trinajstić information content (AvgIpc) is 2.54. The number of nitrogens with one attached hydrogen (secondary N) is 1. The van der Waals surface area contributed by atoms with Gasteiger partial charge in [0.05, 0.1) is 11.3 Å². The molecular weight excluding hydrogens is 240 g/mol. The molecule has 0 aromatic carbocycles. The summed E-state index contributed by atoms with van der Waals surface area (Å²) in [6.45, 7) is 4.05. The number of aromatic carboxylic acids is 1. The van der Waals surface area contributed by atoms with Crippen LogP contribution < -0.4 is 5.32 Å². The minimum Gasteiger partial charge on any atom is -0.478 e. The van der Waals surface area contributed by atoms with Gasteiger partial charge in [-0.1, -0.05) is 19.8 Å². The zero-order chi connectivity index (χ0) is 13.8. The van der Waals surface area contributed by atoms with Crippen LogP contribution in [0, 0.1) is 12.8 Å². The van der Waals surface area contributed by atoms with E-state index in [2.05, 4.69) is 17.2 Å². The molecule has 0 amide bonds. The van der Waals surface area contributed by atoms with E-state index in [4.69, 9.17) is 5.11 Å². The van der Waals surface area contributed by atoms with Gasteiger partial charge in [0.1, 0.15) is 5.82 Å². The number of carboxylic acid groups (broad SMARTS) is 1. The Balaban J connectivity index is 2.03. The minimum atomic E-state index is -0.917. The van der Waals surface area contributed by atoms with Crippen LogP contribution in [0.3, 0.4) is 0 Å². The summed E-state index contributed by atoms with van der Waals surface area (Å²) in [6.07, 6.45) is 6.16. The lowest BCUT2D eigenvalue weighted by molar-refractivity contribution is 0.0695. The maximum atomic E-state index is 10.9. The van der Waals surface area contributed by atoms with Gasteiger partial charge in [-0.2, -0.15) is 0 Å². The maximum absolute atomic E-state index is 10.9. The Hall–Kier alpha value is -1.58. The molecule has 0 bridgehead atoms. The highest BCUT2D eigenvalue weighted by Crippen LogP contribution is 2.24. The van der Waals surface area contributed by atoms with Crippen molar-refractivity contribution in [3.63, 3.8) is 0 Å². The molecule has 0 aliphatic heterocycles. The topological polar surface area (TPSA) is 62.2 Å². The molecule has 2 rings (SSSR count). The molecule has 0 spiro atoms. The zero-order valence-electron chi connectivity index (χ0n) is 11.6. The summed E-state index contributed by atoms with van der Waals surface area (Å²) in [5.41, 5.74) is 0.847. The maximum Gasteiger partial charge on any atom is 0.337 e. The lowest BCUT2D eigenvalue weighted by atomic mass is 10.0. The molecule has 4 heteroatoms. The number of aromatic nitrogens is 1. The molecule has 0 radical (unpaired) electrons. The summed E-state index contributed by atoms with van der Waals surface area (Å²) in [7, 11) is 0. The van der Waals surface area contributed by atoms with Gasteiger partial charge in [0, 0.05) is 6.04 Å². The van der Waals surface area contributed by atoms with Crippen molar-refractivity contribution in [3.8, 4) is 0 Å². The van der Waals surface area contributed by atoms with Crippen LogP contribution >= 0.6 is 0 Å². The van der Waals surface area contributed by atoms with Crippen molar-refractivity contribution in [2.75, 3.05) is 5.32 Å². The molecule has 1 heterocycles. The van der Waals surface area contributed by atoms with Gasteiger partial charge >= 0.3 is 5.97 Å². The Labute approximate surface area is 114 Å². The molecular formula is C15H22N2O2. The van der Waals surface area contributed by atoms with E-state index in [9.17, 15) is 4.79 Å². The third-order valence-corrected chi connectivity index (χ3v) is 3.93. The van der Waals surface area contributed by atoms with Gasteiger partial charge < -0.3 is 10.4 Å². The van der Waals surface area contributed by atoms with E-state index in [1.54, 1.807) is 19.1 Å². The quantitative estimate of drug-likeness (QED) is 0.819. The molecule has 2 atom stereocenters. The smallest absolute Gasteiger partial charge is 0.337 e. The molecule has 1 aliphatic rings. The van der Waals surface area contributed by atoms with Gasteiger partial charge in [-0.05, 0) is 44.2 Å². The van der Waals surface area contributed by atoms with E-state index in [0.29, 0.717) is 11.7 Å². The lowest BCUT2D eigenvalue weighted by Crippen LogP contribution is -2.19. The predicted molar refractivity (Wildman–Crippen MR) is 75.6 cm³/mol. The highest BCUT2D eigenvalue weighted by atomic mass is 16.4. The fourth-order valence-corrected chi connectivity index (χ4v) is 2.71. The van der Waals surface area contributed by atoms with Crippen LogP contribution in [-0.4, -0.2) is 22.1 Å². The number of rotatable bonds is 3. The molecule has 2 N–H and O–H groups in total. The van der Waals surface area contributed by atoms with Crippen LogP contribution in [0.2, 0.25) is 0 Å². The molecule has 2 unspecified atom stereocenters. The first-order valence-electron chi connectivity index (χ1n) is 7.03. The van der Waals surface area contributed by atoms with Gasteiger partial charge in [-0.25, -0.2) is 9.78 Å². The lowest BCUT2D eigenvalue weighted by Gasteiger charge is -2.17. The molecule has 1 aromatic rings.